The molecule has 0 aromatic heterocycles. The monoisotopic (exact) mass is 710 g/mol. The minimum Gasteiger partial charge on any atom is -0.493 e. The predicted molar refractivity (Wildman–Crippen MR) is 191 cm³/mol. The molecule has 0 N–H and O–H groups in total. The van der Waals surface area contributed by atoms with Crippen molar-refractivity contribution in [1.82, 2.24) is 19.6 Å². The number of amides is 3. The first kappa shape index (κ1) is 35.7. The van der Waals surface area contributed by atoms with Crippen LogP contribution in [0, 0.1) is 17.2 Å². The third-order valence-electron chi connectivity index (χ3n) is 9.11. The minimum absolute atomic E-state index is 0.0208. The van der Waals surface area contributed by atoms with Crippen molar-refractivity contribution in [2.45, 2.75) is 44.7 Å². The van der Waals surface area contributed by atoms with Crippen molar-refractivity contribution in [1.29, 1.82) is 5.26 Å². The number of halogens is 3. The lowest BCUT2D eigenvalue weighted by atomic mass is 9.85. The van der Waals surface area contributed by atoms with Gasteiger partial charge >= 0.3 is 6.03 Å². The molecule has 1 unspecified atom stereocenters. The predicted octanol–water partition coefficient (Wildman–Crippen LogP) is 6.89. The average molecular weight is 712 g/mol. The van der Waals surface area contributed by atoms with Gasteiger partial charge in [0, 0.05) is 61.3 Å². The Morgan fingerprint density at radius 3 is 2.35 bits per heavy atom. The standard InChI is InChI=1S/C36H41Cl3N6O3/c1-6-48-30-20-28(36(2,3)22-40)29(39)19-27(30)34-41-32(23-7-11-25(37)12-8-23)33(24-9-13-26(38)14-10-24)45(34)35(47)44-17-15-43(16-18-44)21-31(46)42(4)5/h7,9-14,19-20,23,32-33H,6,8,15-18,21H2,1-5H3/t23?,32-,33+/m0/s1. The third kappa shape index (κ3) is 7.52. The van der Waals surface area contributed by atoms with Crippen LogP contribution in [-0.4, -0.2) is 96.8 Å². The van der Waals surface area contributed by atoms with Gasteiger partial charge in [-0.1, -0.05) is 59.1 Å². The van der Waals surface area contributed by atoms with Crippen molar-refractivity contribution >= 4 is 52.6 Å². The van der Waals surface area contributed by atoms with Gasteiger partial charge in [0.15, 0.2) is 0 Å². The van der Waals surface area contributed by atoms with E-state index in [1.54, 1.807) is 49.9 Å². The highest BCUT2D eigenvalue weighted by Crippen LogP contribution is 2.44. The van der Waals surface area contributed by atoms with Crippen LogP contribution < -0.4 is 4.74 Å². The Hall–Kier alpha value is -3.55. The molecule has 0 saturated carbocycles. The van der Waals surface area contributed by atoms with Crippen molar-refractivity contribution in [3.63, 3.8) is 0 Å². The fourth-order valence-corrected chi connectivity index (χ4v) is 6.98. The Bertz CT molecular complexity index is 1670. The molecule has 2 aromatic rings. The van der Waals surface area contributed by atoms with Gasteiger partial charge in [-0.15, -0.1) is 0 Å². The zero-order valence-corrected chi connectivity index (χ0v) is 30.2. The molecule has 0 spiro atoms. The van der Waals surface area contributed by atoms with Gasteiger partial charge in [0.2, 0.25) is 5.91 Å². The highest BCUT2D eigenvalue weighted by atomic mass is 35.5. The number of aliphatic imine (C=N–C) groups is 1. The molecule has 3 atom stereocenters. The lowest BCUT2D eigenvalue weighted by molar-refractivity contribution is -0.130. The number of likely N-dealkylation sites (N-methyl/N-ethyl adjacent to an activating group) is 1. The maximum atomic E-state index is 14.9. The van der Waals surface area contributed by atoms with Gasteiger partial charge in [-0.3, -0.25) is 19.6 Å². The first-order valence-corrected chi connectivity index (χ1v) is 17.2. The molecule has 3 amide bonds. The molecule has 1 fully saturated rings. The van der Waals surface area contributed by atoms with E-state index in [1.807, 2.05) is 48.2 Å². The van der Waals surface area contributed by atoms with Crippen LogP contribution >= 0.6 is 34.8 Å². The van der Waals surface area contributed by atoms with Crippen molar-refractivity contribution < 1.29 is 14.3 Å². The number of nitrogens with zero attached hydrogens (tertiary/aromatic N) is 6. The van der Waals surface area contributed by atoms with Crippen molar-refractivity contribution in [3.05, 3.63) is 86.4 Å². The number of ether oxygens (including phenoxy) is 1. The first-order valence-electron chi connectivity index (χ1n) is 16.1. The SMILES string of the molecule is CCOc1cc(C(C)(C)C#N)c(Cl)cc1C1=N[C@@H](C2C=CC(Cl)=CC2)[C@@H](c2ccc(Cl)cc2)N1C(=O)N1CCN(CC(=O)N(C)C)CC1. The summed E-state index contributed by atoms with van der Waals surface area (Å²) in [6.07, 6.45) is 6.56. The first-order chi connectivity index (χ1) is 22.8. The second-order valence-electron chi connectivity index (χ2n) is 13.0. The topological polar surface area (TPSA) is 92.5 Å². The summed E-state index contributed by atoms with van der Waals surface area (Å²) < 4.78 is 6.18. The number of rotatable bonds is 8. The van der Waals surface area contributed by atoms with Crippen molar-refractivity contribution in [2.75, 3.05) is 53.4 Å². The molecule has 12 heteroatoms. The quantitative estimate of drug-likeness (QED) is 0.298. The van der Waals surface area contributed by atoms with Crippen molar-refractivity contribution in [3.8, 4) is 11.8 Å². The molecule has 2 aromatic carbocycles. The lowest BCUT2D eigenvalue weighted by Gasteiger charge is -2.39. The summed E-state index contributed by atoms with van der Waals surface area (Å²) >= 11 is 19.6. The summed E-state index contributed by atoms with van der Waals surface area (Å²) in [5, 5.41) is 11.6. The Morgan fingerprint density at radius 2 is 1.77 bits per heavy atom. The molecule has 1 saturated heterocycles. The van der Waals surface area contributed by atoms with E-state index < -0.39 is 11.5 Å². The van der Waals surface area contributed by atoms with Crippen LogP contribution in [0.15, 0.2) is 64.7 Å². The van der Waals surface area contributed by atoms with Gasteiger partial charge in [0.1, 0.15) is 11.6 Å². The number of carbonyl (C=O) groups excluding carboxylic acids is 2. The van der Waals surface area contributed by atoms with Crippen LogP contribution in [0.25, 0.3) is 0 Å². The molecule has 3 aliphatic rings. The Balaban J connectivity index is 1.62. The van der Waals surface area contributed by atoms with Crippen LogP contribution in [0.2, 0.25) is 10.0 Å². The third-order valence-corrected chi connectivity index (χ3v) is 9.95. The van der Waals surface area contributed by atoms with Gasteiger partial charge in [0.05, 0.1) is 42.3 Å². The van der Waals surface area contributed by atoms with Crippen LogP contribution in [0.1, 0.15) is 49.9 Å². The number of carbonyl (C=O) groups is 2. The van der Waals surface area contributed by atoms with E-state index in [2.05, 4.69) is 17.0 Å². The maximum Gasteiger partial charge on any atom is 0.326 e. The number of hydrogen-bond acceptors (Lipinski definition) is 6. The summed E-state index contributed by atoms with van der Waals surface area (Å²) in [6.45, 7) is 8.15. The van der Waals surface area contributed by atoms with E-state index in [0.29, 0.717) is 83.5 Å². The molecule has 1 aliphatic carbocycles. The van der Waals surface area contributed by atoms with Crippen LogP contribution in [-0.2, 0) is 10.2 Å². The zero-order valence-electron chi connectivity index (χ0n) is 27.9. The molecule has 5 rings (SSSR count). The Morgan fingerprint density at radius 1 is 1.08 bits per heavy atom. The molecule has 0 radical (unpaired) electrons. The molecule has 254 valence electrons. The van der Waals surface area contributed by atoms with Crippen LogP contribution in [0.3, 0.4) is 0 Å². The average Bonchev–Trinajstić information content (AvgIpc) is 3.46. The largest absolute Gasteiger partial charge is 0.493 e. The van der Waals surface area contributed by atoms with E-state index in [4.69, 9.17) is 44.5 Å². The maximum absolute atomic E-state index is 14.9. The van der Waals surface area contributed by atoms with Crippen LogP contribution in [0.4, 0.5) is 4.79 Å². The highest BCUT2D eigenvalue weighted by molar-refractivity contribution is 6.32. The van der Waals surface area contributed by atoms with Gasteiger partial charge < -0.3 is 14.5 Å². The lowest BCUT2D eigenvalue weighted by Crippen LogP contribution is -2.55. The van der Waals surface area contributed by atoms with E-state index in [0.717, 1.165) is 5.56 Å². The van der Waals surface area contributed by atoms with E-state index in [1.165, 1.54) is 0 Å². The normalized spacial score (nSPS) is 21.4. The summed E-state index contributed by atoms with van der Waals surface area (Å²) in [4.78, 5) is 39.8. The van der Waals surface area contributed by atoms with E-state index in [9.17, 15) is 14.9 Å². The fraction of sp³-hybridized carbons (Fsp3) is 0.444. The van der Waals surface area contributed by atoms with E-state index >= 15 is 0 Å². The molecule has 2 aliphatic heterocycles. The highest BCUT2D eigenvalue weighted by Gasteiger charge is 2.47. The molecular weight excluding hydrogens is 671 g/mol. The summed E-state index contributed by atoms with van der Waals surface area (Å²) in [5.41, 5.74) is 1.19. The van der Waals surface area contributed by atoms with Gasteiger partial charge in [-0.25, -0.2) is 4.79 Å². The fourth-order valence-electron chi connectivity index (χ4n) is 6.29. The van der Waals surface area contributed by atoms with Gasteiger partial charge in [0.25, 0.3) is 0 Å². The smallest absolute Gasteiger partial charge is 0.326 e. The second-order valence-corrected chi connectivity index (χ2v) is 14.3. The second kappa shape index (κ2) is 14.9. The van der Waals surface area contributed by atoms with Gasteiger partial charge in [-0.2, -0.15) is 5.26 Å². The minimum atomic E-state index is -0.880. The Kier molecular flexibility index (Phi) is 11.1. The molecular formula is C36H41Cl3N6O3. The van der Waals surface area contributed by atoms with Crippen LogP contribution in [0.5, 0.6) is 5.75 Å². The number of piperazine rings is 1. The summed E-state index contributed by atoms with van der Waals surface area (Å²) in [7, 11) is 3.48. The zero-order chi connectivity index (χ0) is 34.7. The summed E-state index contributed by atoms with van der Waals surface area (Å²) in [6, 6.07) is 12.4. The number of amidine groups is 1. The van der Waals surface area contributed by atoms with Crippen molar-refractivity contribution in [2.24, 2.45) is 10.9 Å². The number of nitriles is 1. The molecule has 48 heavy (non-hydrogen) atoms. The Labute approximate surface area is 298 Å². The number of urea groups is 1. The van der Waals surface area contributed by atoms with Gasteiger partial charge in [-0.05, 0) is 68.7 Å². The van der Waals surface area contributed by atoms with E-state index in [-0.39, 0.29) is 23.9 Å². The number of hydrogen-bond donors (Lipinski definition) is 0. The molecule has 2 heterocycles. The summed E-state index contributed by atoms with van der Waals surface area (Å²) in [5.74, 6) is 0.891. The number of benzene rings is 2. The number of allylic oxidation sites excluding steroid dienone is 3. The molecule has 9 nitrogen and oxygen atoms in total. The molecule has 0 bridgehead atoms.